The lowest BCUT2D eigenvalue weighted by atomic mass is 11.0. The first-order valence-electron chi connectivity index (χ1n) is 2.05. The second-order valence-electron chi connectivity index (χ2n) is 1.30. The summed E-state index contributed by atoms with van der Waals surface area (Å²) in [4.78, 5) is 4.66. The minimum atomic E-state index is -1.57. The summed E-state index contributed by atoms with van der Waals surface area (Å²) in [6.45, 7) is 0. The fourth-order valence-corrected chi connectivity index (χ4v) is 0.619. The van der Waals surface area contributed by atoms with E-state index >= 15 is 0 Å². The van der Waals surface area contributed by atoms with Gasteiger partial charge in [0.2, 0.25) is 0 Å². The molecule has 0 saturated carbocycles. The predicted molar refractivity (Wildman–Crippen MR) is 35.5 cm³/mol. The molecule has 52 valence electrons. The SMILES string of the molecule is ClC(Cl)(Cl)N1NC=CO1. The van der Waals surface area contributed by atoms with Gasteiger partial charge in [-0.2, -0.15) is 0 Å². The van der Waals surface area contributed by atoms with Crippen molar-refractivity contribution >= 4 is 34.8 Å². The minimum Gasteiger partial charge on any atom is -0.388 e. The summed E-state index contributed by atoms with van der Waals surface area (Å²) < 4.78 is -1.57. The third-order valence-corrected chi connectivity index (χ3v) is 1.12. The van der Waals surface area contributed by atoms with Crippen molar-refractivity contribution in [3.8, 4) is 0 Å². The molecule has 0 spiro atoms. The van der Waals surface area contributed by atoms with Gasteiger partial charge in [0.15, 0.2) is 0 Å². The zero-order chi connectivity index (χ0) is 6.91. The van der Waals surface area contributed by atoms with Gasteiger partial charge in [-0.1, -0.05) is 34.8 Å². The van der Waals surface area contributed by atoms with Crippen molar-refractivity contribution in [2.75, 3.05) is 0 Å². The fraction of sp³-hybridized carbons (Fsp3) is 0.333. The zero-order valence-electron chi connectivity index (χ0n) is 4.14. The molecular weight excluding hydrogens is 186 g/mol. The first-order chi connectivity index (χ1) is 4.11. The van der Waals surface area contributed by atoms with E-state index in [2.05, 4.69) is 10.3 Å². The van der Waals surface area contributed by atoms with Crippen LogP contribution in [0.5, 0.6) is 0 Å². The second kappa shape index (κ2) is 2.42. The van der Waals surface area contributed by atoms with Crippen molar-refractivity contribution in [3.05, 3.63) is 12.5 Å². The summed E-state index contributed by atoms with van der Waals surface area (Å²) in [5, 5.41) is 0.984. The molecule has 6 heteroatoms. The maximum atomic E-state index is 5.37. The molecule has 1 aliphatic heterocycles. The van der Waals surface area contributed by atoms with Crippen molar-refractivity contribution in [1.29, 1.82) is 0 Å². The Bertz CT molecular complexity index is 124. The number of hydrogen-bond donors (Lipinski definition) is 1. The van der Waals surface area contributed by atoms with Crippen LogP contribution in [-0.2, 0) is 4.84 Å². The topological polar surface area (TPSA) is 24.5 Å². The van der Waals surface area contributed by atoms with Gasteiger partial charge < -0.3 is 4.84 Å². The number of nitrogens with zero attached hydrogens (tertiary/aromatic N) is 1. The molecule has 3 nitrogen and oxygen atoms in total. The third kappa shape index (κ3) is 1.79. The summed E-state index contributed by atoms with van der Waals surface area (Å²) in [6.07, 6.45) is 2.86. The number of alkyl halides is 3. The molecule has 0 aromatic carbocycles. The molecule has 0 bridgehead atoms. The second-order valence-corrected chi connectivity index (χ2v) is 3.52. The van der Waals surface area contributed by atoms with E-state index in [-0.39, 0.29) is 0 Å². The fourth-order valence-electron chi connectivity index (χ4n) is 0.353. The average molecular weight is 189 g/mol. The maximum Gasteiger partial charge on any atom is 0.299 e. The monoisotopic (exact) mass is 188 g/mol. The first kappa shape index (κ1) is 7.28. The molecule has 0 radical (unpaired) electrons. The van der Waals surface area contributed by atoms with E-state index in [4.69, 9.17) is 34.8 Å². The van der Waals surface area contributed by atoms with Gasteiger partial charge in [-0.05, 0) is 5.17 Å². The Labute approximate surface area is 67.0 Å². The molecule has 0 unspecified atom stereocenters. The quantitative estimate of drug-likeness (QED) is 0.462. The normalized spacial score (nSPS) is 19.4. The van der Waals surface area contributed by atoms with E-state index in [9.17, 15) is 0 Å². The lowest BCUT2D eigenvalue weighted by Crippen LogP contribution is -2.38. The number of hydrazine groups is 1. The minimum absolute atomic E-state index is 0.984. The largest absolute Gasteiger partial charge is 0.388 e. The maximum absolute atomic E-state index is 5.37. The van der Waals surface area contributed by atoms with E-state index in [1.54, 1.807) is 0 Å². The van der Waals surface area contributed by atoms with Gasteiger partial charge in [0.25, 0.3) is 3.92 Å². The standard InChI is InChI=1S/C3H3Cl3N2O/c4-3(5,6)8-7-1-2-9-8/h1-2,7H. The van der Waals surface area contributed by atoms with Crippen LogP contribution in [0, 0.1) is 0 Å². The Kier molecular flexibility index (Phi) is 1.96. The molecule has 1 heterocycles. The molecule has 9 heavy (non-hydrogen) atoms. The van der Waals surface area contributed by atoms with Gasteiger partial charge in [-0.25, -0.2) is 0 Å². The highest BCUT2D eigenvalue weighted by Gasteiger charge is 2.32. The van der Waals surface area contributed by atoms with Crippen molar-refractivity contribution < 1.29 is 4.84 Å². The van der Waals surface area contributed by atoms with Crippen LogP contribution in [0.25, 0.3) is 0 Å². The Morgan fingerprint density at radius 2 is 2.11 bits per heavy atom. The Morgan fingerprint density at radius 3 is 2.33 bits per heavy atom. The molecular formula is C3H3Cl3N2O. The van der Waals surface area contributed by atoms with E-state index in [1.807, 2.05) is 0 Å². The highest BCUT2D eigenvalue weighted by molar-refractivity contribution is 6.67. The van der Waals surface area contributed by atoms with Crippen molar-refractivity contribution in [1.82, 2.24) is 10.6 Å². The van der Waals surface area contributed by atoms with Crippen molar-refractivity contribution in [3.63, 3.8) is 0 Å². The molecule has 0 saturated heterocycles. The van der Waals surface area contributed by atoms with Crippen LogP contribution in [0.3, 0.4) is 0 Å². The first-order valence-corrected chi connectivity index (χ1v) is 3.19. The molecule has 0 amide bonds. The Balaban J connectivity index is 2.46. The zero-order valence-corrected chi connectivity index (χ0v) is 6.41. The molecule has 1 rings (SSSR count). The van der Waals surface area contributed by atoms with Crippen LogP contribution in [0.1, 0.15) is 0 Å². The molecule has 0 atom stereocenters. The number of rotatable bonds is 0. The van der Waals surface area contributed by atoms with Gasteiger partial charge >= 0.3 is 0 Å². The van der Waals surface area contributed by atoms with Crippen LogP contribution in [0.2, 0.25) is 0 Å². The summed E-state index contributed by atoms with van der Waals surface area (Å²) >= 11 is 16.1. The van der Waals surface area contributed by atoms with Crippen LogP contribution < -0.4 is 5.43 Å². The number of nitrogens with one attached hydrogen (secondary N) is 1. The molecule has 1 N–H and O–H groups in total. The summed E-state index contributed by atoms with van der Waals surface area (Å²) in [5.74, 6) is 0. The summed E-state index contributed by atoms with van der Waals surface area (Å²) in [7, 11) is 0. The van der Waals surface area contributed by atoms with Crippen LogP contribution in [-0.4, -0.2) is 9.09 Å². The van der Waals surface area contributed by atoms with Gasteiger partial charge in [-0.3, -0.25) is 5.43 Å². The van der Waals surface area contributed by atoms with Crippen LogP contribution in [0.4, 0.5) is 0 Å². The van der Waals surface area contributed by atoms with E-state index in [0.29, 0.717) is 0 Å². The molecule has 0 aromatic rings. The molecule has 1 aliphatic rings. The number of hydrogen-bond acceptors (Lipinski definition) is 3. The molecule has 0 aliphatic carbocycles. The van der Waals surface area contributed by atoms with Gasteiger partial charge in [0, 0.05) is 0 Å². The summed E-state index contributed by atoms with van der Waals surface area (Å²) in [5.41, 5.74) is 2.53. The van der Waals surface area contributed by atoms with Gasteiger partial charge in [0.1, 0.15) is 6.26 Å². The summed E-state index contributed by atoms with van der Waals surface area (Å²) in [6, 6.07) is 0. The van der Waals surface area contributed by atoms with E-state index in [1.165, 1.54) is 12.5 Å². The van der Waals surface area contributed by atoms with Crippen molar-refractivity contribution in [2.24, 2.45) is 0 Å². The predicted octanol–water partition coefficient (Wildman–Crippen LogP) is 1.54. The smallest absolute Gasteiger partial charge is 0.299 e. The molecule has 0 fully saturated rings. The van der Waals surface area contributed by atoms with E-state index in [0.717, 1.165) is 5.17 Å². The highest BCUT2D eigenvalue weighted by atomic mass is 35.6. The van der Waals surface area contributed by atoms with Crippen LogP contribution >= 0.6 is 34.8 Å². The lowest BCUT2D eigenvalue weighted by molar-refractivity contribution is -0.117. The number of halogens is 3. The van der Waals surface area contributed by atoms with Gasteiger partial charge in [0.05, 0.1) is 6.20 Å². The average Bonchev–Trinajstić information content (AvgIpc) is 2.08. The lowest BCUT2D eigenvalue weighted by Gasteiger charge is -2.21. The van der Waals surface area contributed by atoms with Crippen molar-refractivity contribution in [2.45, 2.75) is 3.92 Å². The molecule has 0 aromatic heterocycles. The Morgan fingerprint density at radius 1 is 1.44 bits per heavy atom. The number of hydroxylamine groups is 1. The highest BCUT2D eigenvalue weighted by Crippen LogP contribution is 2.30. The Hall–Kier alpha value is 0.170. The van der Waals surface area contributed by atoms with Gasteiger partial charge in [-0.15, -0.1) is 0 Å². The van der Waals surface area contributed by atoms with E-state index < -0.39 is 3.92 Å². The third-order valence-electron chi connectivity index (χ3n) is 0.656. The van der Waals surface area contributed by atoms with Crippen LogP contribution in [0.15, 0.2) is 12.5 Å².